The van der Waals surface area contributed by atoms with Crippen LogP contribution in [0.4, 0.5) is 0 Å². The fourth-order valence-corrected chi connectivity index (χ4v) is 6.38. The molecule has 0 aromatic heterocycles. The minimum absolute atomic E-state index is 1.34. The quantitative estimate of drug-likeness (QED) is 0.712. The summed E-state index contributed by atoms with van der Waals surface area (Å²) in [6.07, 6.45) is 0. The molecule has 1 heteroatoms. The molecule has 0 spiro atoms. The van der Waals surface area contributed by atoms with Crippen LogP contribution in [0.3, 0.4) is 0 Å². The van der Waals surface area contributed by atoms with Gasteiger partial charge in [-0.1, -0.05) is 0 Å². The van der Waals surface area contributed by atoms with E-state index in [1.807, 2.05) is 0 Å². The van der Waals surface area contributed by atoms with Crippen LogP contribution < -0.4 is 0 Å². The zero-order chi connectivity index (χ0) is 11.8. The third-order valence-corrected chi connectivity index (χ3v) is 7.07. The maximum absolute atomic E-state index is 2.50. The van der Waals surface area contributed by atoms with Crippen molar-refractivity contribution in [2.45, 2.75) is 26.2 Å². The average Bonchev–Trinajstić information content (AvgIpc) is 2.21. The van der Waals surface area contributed by atoms with E-state index in [1.54, 1.807) is 5.56 Å². The number of rotatable bonds is 2. The molecule has 2 aromatic carbocycles. The van der Waals surface area contributed by atoms with Crippen molar-refractivity contribution in [2.75, 3.05) is 0 Å². The standard InChI is InChI=1S/C12H11.3CH3.Sn/c1-9-7-8-10(2)12-6-4-3-5-11(9)12;;;;/h3-8H,1H2,2H3;3*1H3;. The van der Waals surface area contributed by atoms with Crippen LogP contribution in [0.2, 0.25) is 14.8 Å². The fourth-order valence-electron chi connectivity index (χ4n) is 2.24. The van der Waals surface area contributed by atoms with Crippen molar-refractivity contribution in [2.24, 2.45) is 0 Å². The first kappa shape index (κ1) is 12.0. The molecule has 0 amide bonds. The Kier molecular flexibility index (Phi) is 3.29. The van der Waals surface area contributed by atoms with Crippen molar-refractivity contribution < 1.29 is 0 Å². The van der Waals surface area contributed by atoms with E-state index < -0.39 is 18.4 Å². The Morgan fingerprint density at radius 1 is 0.875 bits per heavy atom. The van der Waals surface area contributed by atoms with E-state index in [2.05, 4.69) is 58.1 Å². The predicted octanol–water partition coefficient (Wildman–Crippen LogP) is 4.57. The van der Waals surface area contributed by atoms with Gasteiger partial charge in [-0.25, -0.2) is 0 Å². The van der Waals surface area contributed by atoms with Gasteiger partial charge in [-0.15, -0.1) is 0 Å². The van der Waals surface area contributed by atoms with Crippen molar-refractivity contribution in [1.82, 2.24) is 0 Å². The molecule has 0 atom stereocenters. The summed E-state index contributed by atoms with van der Waals surface area (Å²) in [5.74, 6) is 0. The monoisotopic (exact) mass is 320 g/mol. The van der Waals surface area contributed by atoms with Gasteiger partial charge in [-0.2, -0.15) is 0 Å². The Bertz CT molecular complexity index is 506. The maximum atomic E-state index is 2.50. The van der Waals surface area contributed by atoms with Gasteiger partial charge in [-0.3, -0.25) is 0 Å². The second-order valence-corrected chi connectivity index (χ2v) is 21.5. The number of fused-ring (bicyclic) bond motifs is 1. The molecule has 0 aliphatic rings. The van der Waals surface area contributed by atoms with Gasteiger partial charge in [0.25, 0.3) is 0 Å². The third kappa shape index (κ3) is 2.60. The molecule has 0 fully saturated rings. The van der Waals surface area contributed by atoms with Crippen molar-refractivity contribution in [1.29, 1.82) is 0 Å². The summed E-state index contributed by atoms with van der Waals surface area (Å²) in [6, 6.07) is 13.4. The van der Waals surface area contributed by atoms with Gasteiger partial charge < -0.3 is 0 Å². The minimum atomic E-state index is -1.74. The van der Waals surface area contributed by atoms with Crippen LogP contribution >= 0.6 is 0 Å². The molecule has 84 valence electrons. The van der Waals surface area contributed by atoms with Gasteiger partial charge in [0.1, 0.15) is 0 Å². The third-order valence-electron chi connectivity index (χ3n) is 2.95. The van der Waals surface area contributed by atoms with E-state index in [9.17, 15) is 0 Å². The average molecular weight is 319 g/mol. The van der Waals surface area contributed by atoms with Crippen LogP contribution in [0.25, 0.3) is 10.8 Å². The summed E-state index contributed by atoms with van der Waals surface area (Å²) in [6.45, 7) is 2.20. The Labute approximate surface area is 103 Å². The van der Waals surface area contributed by atoms with Crippen LogP contribution in [0.1, 0.15) is 11.1 Å². The molecule has 0 nitrogen and oxygen atoms in total. The molecule has 16 heavy (non-hydrogen) atoms. The zero-order valence-electron chi connectivity index (χ0n) is 10.7. The molecule has 0 aliphatic heterocycles. The van der Waals surface area contributed by atoms with Gasteiger partial charge in [0.2, 0.25) is 0 Å². The fraction of sp³-hybridized carbons (Fsp3) is 0.333. The molecule has 0 bridgehead atoms. The molecule has 0 heterocycles. The number of hydrogen-bond donors (Lipinski definition) is 0. The number of benzene rings is 2. The second-order valence-electron chi connectivity index (χ2n) is 5.82. The topological polar surface area (TPSA) is 0 Å². The summed E-state index contributed by atoms with van der Waals surface area (Å²) in [5.41, 5.74) is 2.95. The Hall–Kier alpha value is -0.501. The molecular weight excluding hydrogens is 299 g/mol. The van der Waals surface area contributed by atoms with E-state index >= 15 is 0 Å². The summed E-state index contributed by atoms with van der Waals surface area (Å²) in [7, 11) is 0. The normalized spacial score (nSPS) is 12.0. The summed E-state index contributed by atoms with van der Waals surface area (Å²) in [4.78, 5) is 7.51. The zero-order valence-corrected chi connectivity index (χ0v) is 13.5. The van der Waals surface area contributed by atoms with Gasteiger partial charge in [0.15, 0.2) is 0 Å². The molecule has 0 radical (unpaired) electrons. The van der Waals surface area contributed by atoms with Crippen molar-refractivity contribution in [3.8, 4) is 0 Å². The first-order valence-corrected chi connectivity index (χ1v) is 16.5. The van der Waals surface area contributed by atoms with E-state index in [1.165, 1.54) is 20.8 Å². The summed E-state index contributed by atoms with van der Waals surface area (Å²) in [5, 5.41) is 2.89. The Balaban J connectivity index is 2.59. The van der Waals surface area contributed by atoms with E-state index in [0.717, 1.165) is 0 Å². The molecule has 0 N–H and O–H groups in total. The summed E-state index contributed by atoms with van der Waals surface area (Å²) < 4.78 is 1.34. The first-order chi connectivity index (χ1) is 7.47. The molecule has 0 saturated carbocycles. The van der Waals surface area contributed by atoms with Crippen LogP contribution in [0.5, 0.6) is 0 Å². The van der Waals surface area contributed by atoms with E-state index in [0.29, 0.717) is 0 Å². The Morgan fingerprint density at radius 3 is 2.12 bits per heavy atom. The van der Waals surface area contributed by atoms with E-state index in [-0.39, 0.29) is 0 Å². The van der Waals surface area contributed by atoms with Gasteiger partial charge in [0.05, 0.1) is 0 Å². The van der Waals surface area contributed by atoms with Crippen LogP contribution in [-0.4, -0.2) is 18.4 Å². The van der Waals surface area contributed by atoms with Gasteiger partial charge >= 0.3 is 103 Å². The number of hydrogen-bond acceptors (Lipinski definition) is 0. The molecule has 0 aliphatic carbocycles. The van der Waals surface area contributed by atoms with Gasteiger partial charge in [0, 0.05) is 0 Å². The first-order valence-electron chi connectivity index (χ1n) is 5.95. The van der Waals surface area contributed by atoms with E-state index in [4.69, 9.17) is 0 Å². The van der Waals surface area contributed by atoms with Crippen molar-refractivity contribution in [3.05, 3.63) is 47.5 Å². The van der Waals surface area contributed by atoms with Crippen molar-refractivity contribution >= 4 is 29.1 Å². The molecular formula is C15H20Sn. The predicted molar refractivity (Wildman–Crippen MR) is 75.7 cm³/mol. The van der Waals surface area contributed by atoms with Crippen LogP contribution in [0, 0.1) is 6.92 Å². The van der Waals surface area contributed by atoms with Gasteiger partial charge in [-0.05, 0) is 0 Å². The second kappa shape index (κ2) is 4.40. The molecule has 2 rings (SSSR count). The van der Waals surface area contributed by atoms with Crippen LogP contribution in [-0.2, 0) is 4.44 Å². The van der Waals surface area contributed by atoms with Crippen LogP contribution in [0.15, 0.2) is 36.4 Å². The summed E-state index contributed by atoms with van der Waals surface area (Å²) >= 11 is -1.74. The molecule has 2 aromatic rings. The SMILES string of the molecule is Cc1ccc([CH2][Sn]([CH3])([CH3])[CH3])c2ccccc12. The molecule has 0 unspecified atom stereocenters. The molecule has 0 saturated heterocycles. The number of aryl methyl sites for hydroxylation is 1. The van der Waals surface area contributed by atoms with Crippen molar-refractivity contribution in [3.63, 3.8) is 0 Å². The Morgan fingerprint density at radius 2 is 1.50 bits per heavy atom.